The molecule has 0 aromatic heterocycles. The van der Waals surface area contributed by atoms with E-state index in [1.165, 1.54) is 308 Å². The molecule has 0 rings (SSSR count). The molecule has 83 heavy (non-hydrogen) atoms. The molecule has 6 heteroatoms. The molecule has 6 nitrogen and oxygen atoms in total. The molecule has 0 aromatic rings. The summed E-state index contributed by atoms with van der Waals surface area (Å²) in [5.74, 6) is -0.853. The van der Waals surface area contributed by atoms with Gasteiger partial charge in [0.1, 0.15) is 13.2 Å². The minimum atomic E-state index is -0.766. The number of ether oxygens (including phenoxy) is 3. The van der Waals surface area contributed by atoms with Crippen molar-refractivity contribution in [2.24, 2.45) is 0 Å². The molecule has 0 spiro atoms. The van der Waals surface area contributed by atoms with Crippen molar-refractivity contribution >= 4 is 17.9 Å². The van der Waals surface area contributed by atoms with Gasteiger partial charge in [0, 0.05) is 19.3 Å². The van der Waals surface area contributed by atoms with Gasteiger partial charge in [-0.1, -0.05) is 359 Å². The van der Waals surface area contributed by atoms with Gasteiger partial charge in [-0.05, 0) is 77.0 Å². The standard InChI is InChI=1S/C77H144O6/c1-4-7-10-13-15-17-19-21-23-25-27-29-31-33-35-37-38-40-41-43-45-47-49-51-53-55-57-59-61-64-67-70-76(79)82-73-74(72-81-75(78)69-66-63-12-9-6-3)83-77(80)71-68-65-62-60-58-56-54-52-50-48-46-44-42-39-36-34-32-30-28-26-24-22-20-18-16-14-11-8-5-2/h20,22,25-28,74H,4-19,21,23-24,29-73H2,1-3H3/b22-20-,27-25-,28-26-. The molecule has 0 aliphatic rings. The number of hydrogen-bond donors (Lipinski definition) is 0. The van der Waals surface area contributed by atoms with E-state index in [2.05, 4.69) is 57.2 Å². The lowest BCUT2D eigenvalue weighted by atomic mass is 10.0. The van der Waals surface area contributed by atoms with Crippen molar-refractivity contribution in [3.8, 4) is 0 Å². The summed E-state index contributed by atoms with van der Waals surface area (Å²) in [5, 5.41) is 0. The van der Waals surface area contributed by atoms with Crippen LogP contribution >= 0.6 is 0 Å². The summed E-state index contributed by atoms with van der Waals surface area (Å²) in [6, 6.07) is 0. The molecule has 0 N–H and O–H groups in total. The number of unbranched alkanes of at least 4 members (excludes halogenated alkanes) is 53. The van der Waals surface area contributed by atoms with Crippen LogP contribution in [0.5, 0.6) is 0 Å². The fourth-order valence-corrected chi connectivity index (χ4v) is 11.5. The van der Waals surface area contributed by atoms with E-state index in [-0.39, 0.29) is 31.1 Å². The molecule has 0 aliphatic heterocycles. The zero-order chi connectivity index (χ0) is 59.9. The van der Waals surface area contributed by atoms with Gasteiger partial charge >= 0.3 is 17.9 Å². The third kappa shape index (κ3) is 70.3. The first-order valence-corrected chi connectivity index (χ1v) is 37.5. The molecule has 0 aromatic carbocycles. The molecule has 488 valence electrons. The highest BCUT2D eigenvalue weighted by Gasteiger charge is 2.19. The van der Waals surface area contributed by atoms with Crippen LogP contribution in [0.4, 0.5) is 0 Å². The number of carbonyl (C=O) groups is 3. The Morgan fingerprint density at radius 2 is 0.434 bits per heavy atom. The van der Waals surface area contributed by atoms with E-state index < -0.39 is 6.10 Å². The molecule has 1 unspecified atom stereocenters. The fraction of sp³-hybridized carbons (Fsp3) is 0.883. The second-order valence-electron chi connectivity index (χ2n) is 25.6. The number of carbonyl (C=O) groups excluding carboxylic acids is 3. The number of allylic oxidation sites excluding steroid dienone is 6. The first-order valence-electron chi connectivity index (χ1n) is 37.5. The van der Waals surface area contributed by atoms with Gasteiger partial charge in [0.25, 0.3) is 0 Å². The summed E-state index contributed by atoms with van der Waals surface area (Å²) in [6.45, 7) is 6.62. The average Bonchev–Trinajstić information content (AvgIpc) is 3.48. The molecule has 0 saturated heterocycles. The Morgan fingerprint density at radius 1 is 0.241 bits per heavy atom. The van der Waals surface area contributed by atoms with Crippen LogP contribution in [0.3, 0.4) is 0 Å². The normalized spacial score (nSPS) is 12.2. The predicted octanol–water partition coefficient (Wildman–Crippen LogP) is 25.9. The largest absolute Gasteiger partial charge is 0.462 e. The predicted molar refractivity (Wildman–Crippen MR) is 362 cm³/mol. The van der Waals surface area contributed by atoms with E-state index in [0.29, 0.717) is 19.3 Å². The lowest BCUT2D eigenvalue weighted by Gasteiger charge is -2.18. The first-order chi connectivity index (χ1) is 41.0. The van der Waals surface area contributed by atoms with Crippen molar-refractivity contribution in [2.75, 3.05) is 13.2 Å². The van der Waals surface area contributed by atoms with Crippen molar-refractivity contribution < 1.29 is 28.6 Å². The summed E-state index contributed by atoms with van der Waals surface area (Å²) in [7, 11) is 0. The van der Waals surface area contributed by atoms with Gasteiger partial charge in [0.15, 0.2) is 6.10 Å². The molecule has 0 aliphatic carbocycles. The van der Waals surface area contributed by atoms with Crippen LogP contribution in [0.2, 0.25) is 0 Å². The van der Waals surface area contributed by atoms with Gasteiger partial charge in [0.2, 0.25) is 0 Å². The van der Waals surface area contributed by atoms with Crippen LogP contribution in [0.15, 0.2) is 36.5 Å². The van der Waals surface area contributed by atoms with Crippen molar-refractivity contribution in [3.05, 3.63) is 36.5 Å². The van der Waals surface area contributed by atoms with Crippen LogP contribution in [0.1, 0.15) is 419 Å². The van der Waals surface area contributed by atoms with Crippen LogP contribution in [0, 0.1) is 0 Å². The topological polar surface area (TPSA) is 78.9 Å². The Bertz CT molecular complexity index is 1380. The summed E-state index contributed by atoms with van der Waals surface area (Å²) >= 11 is 0. The van der Waals surface area contributed by atoms with Crippen molar-refractivity contribution in [1.29, 1.82) is 0 Å². The third-order valence-electron chi connectivity index (χ3n) is 17.1. The van der Waals surface area contributed by atoms with Crippen LogP contribution in [0.25, 0.3) is 0 Å². The zero-order valence-corrected chi connectivity index (χ0v) is 56.2. The Kier molecular flexibility index (Phi) is 70.0. The Hall–Kier alpha value is -2.37. The summed E-state index contributed by atoms with van der Waals surface area (Å²) < 4.78 is 16.8. The Morgan fingerprint density at radius 3 is 0.675 bits per heavy atom. The van der Waals surface area contributed by atoms with E-state index in [0.717, 1.165) is 70.6 Å². The maximum atomic E-state index is 12.9. The second-order valence-corrected chi connectivity index (χ2v) is 25.6. The van der Waals surface area contributed by atoms with Crippen molar-refractivity contribution in [3.63, 3.8) is 0 Å². The highest BCUT2D eigenvalue weighted by molar-refractivity contribution is 5.71. The van der Waals surface area contributed by atoms with Gasteiger partial charge in [-0.25, -0.2) is 0 Å². The highest BCUT2D eigenvalue weighted by atomic mass is 16.6. The fourth-order valence-electron chi connectivity index (χ4n) is 11.5. The minimum Gasteiger partial charge on any atom is -0.462 e. The second kappa shape index (κ2) is 72.1. The Labute approximate surface area is 518 Å². The maximum absolute atomic E-state index is 12.9. The molecular weight excluding hydrogens is 1020 g/mol. The zero-order valence-electron chi connectivity index (χ0n) is 56.2. The van der Waals surface area contributed by atoms with E-state index in [1.54, 1.807) is 0 Å². The van der Waals surface area contributed by atoms with Gasteiger partial charge in [-0.3, -0.25) is 14.4 Å². The molecule has 0 amide bonds. The molecule has 0 radical (unpaired) electrons. The van der Waals surface area contributed by atoms with Gasteiger partial charge in [-0.2, -0.15) is 0 Å². The van der Waals surface area contributed by atoms with Crippen LogP contribution < -0.4 is 0 Å². The van der Waals surface area contributed by atoms with Gasteiger partial charge < -0.3 is 14.2 Å². The molecular formula is C77H144O6. The van der Waals surface area contributed by atoms with E-state index >= 15 is 0 Å². The van der Waals surface area contributed by atoms with Gasteiger partial charge in [0.05, 0.1) is 0 Å². The number of rotatable bonds is 70. The molecule has 1 atom stereocenters. The van der Waals surface area contributed by atoms with Crippen molar-refractivity contribution in [2.45, 2.75) is 425 Å². The quantitative estimate of drug-likeness (QED) is 0.0261. The highest BCUT2D eigenvalue weighted by Crippen LogP contribution is 2.19. The molecule has 0 fully saturated rings. The third-order valence-corrected chi connectivity index (χ3v) is 17.1. The monoisotopic (exact) mass is 1170 g/mol. The number of esters is 3. The average molecular weight is 1170 g/mol. The van der Waals surface area contributed by atoms with E-state index in [1.807, 2.05) is 0 Å². The first kappa shape index (κ1) is 80.6. The van der Waals surface area contributed by atoms with Crippen LogP contribution in [-0.2, 0) is 28.6 Å². The van der Waals surface area contributed by atoms with E-state index in [9.17, 15) is 14.4 Å². The molecule has 0 saturated carbocycles. The summed E-state index contributed by atoms with van der Waals surface area (Å²) in [5.41, 5.74) is 0. The summed E-state index contributed by atoms with van der Waals surface area (Å²) in [4.78, 5) is 38.1. The number of hydrogen-bond acceptors (Lipinski definition) is 6. The SMILES string of the molecule is CCCCCCC/C=C\C/C=C\CCCCCCCCCCCCCCCCCCCC(=O)OC(COC(=O)CCCCCCC)COC(=O)CCCCCCCCCCCCCCCCCCCCC/C=C\CCCCCCCCCC. The maximum Gasteiger partial charge on any atom is 0.306 e. The molecule has 0 heterocycles. The lowest BCUT2D eigenvalue weighted by Crippen LogP contribution is -2.30. The smallest absolute Gasteiger partial charge is 0.306 e. The van der Waals surface area contributed by atoms with Crippen LogP contribution in [-0.4, -0.2) is 37.2 Å². The minimum absolute atomic E-state index is 0.0665. The van der Waals surface area contributed by atoms with Gasteiger partial charge in [-0.15, -0.1) is 0 Å². The van der Waals surface area contributed by atoms with E-state index in [4.69, 9.17) is 14.2 Å². The molecule has 0 bridgehead atoms. The van der Waals surface area contributed by atoms with Crippen molar-refractivity contribution in [1.82, 2.24) is 0 Å². The summed E-state index contributed by atoms with van der Waals surface area (Å²) in [6.07, 6.45) is 91.1. The Balaban J connectivity index is 3.89. The lowest BCUT2D eigenvalue weighted by molar-refractivity contribution is -0.167.